The van der Waals surface area contributed by atoms with E-state index in [4.69, 9.17) is 0 Å². The van der Waals surface area contributed by atoms with Gasteiger partial charge in [-0.15, -0.1) is 0 Å². The van der Waals surface area contributed by atoms with Gasteiger partial charge in [-0.1, -0.05) is 31.2 Å². The van der Waals surface area contributed by atoms with Gasteiger partial charge < -0.3 is 10.0 Å². The summed E-state index contributed by atoms with van der Waals surface area (Å²) >= 11 is 0. The van der Waals surface area contributed by atoms with Crippen molar-refractivity contribution in [3.05, 3.63) is 35.4 Å². The van der Waals surface area contributed by atoms with Gasteiger partial charge in [-0.25, -0.2) is 0 Å². The molecule has 0 heterocycles. The van der Waals surface area contributed by atoms with Gasteiger partial charge in [-0.3, -0.25) is 4.79 Å². The molecule has 0 saturated carbocycles. The summed E-state index contributed by atoms with van der Waals surface area (Å²) in [6.45, 7) is 2.88. The van der Waals surface area contributed by atoms with Crippen LogP contribution in [0.5, 0.6) is 0 Å². The third-order valence-electron chi connectivity index (χ3n) is 2.95. The summed E-state index contributed by atoms with van der Waals surface area (Å²) < 4.78 is 0. The van der Waals surface area contributed by atoms with E-state index in [0.717, 1.165) is 18.5 Å². The second kappa shape index (κ2) is 6.40. The van der Waals surface area contributed by atoms with Crippen LogP contribution in [0.1, 0.15) is 30.4 Å². The van der Waals surface area contributed by atoms with E-state index in [1.54, 1.807) is 0 Å². The first-order valence-electron chi connectivity index (χ1n) is 6.01. The van der Waals surface area contributed by atoms with E-state index in [-0.39, 0.29) is 0 Å². The monoisotopic (exact) mass is 235 g/mol. The van der Waals surface area contributed by atoms with E-state index in [1.807, 2.05) is 43.3 Å². The zero-order valence-electron chi connectivity index (χ0n) is 10.8. The van der Waals surface area contributed by atoms with Gasteiger partial charge in [0.05, 0.1) is 5.92 Å². The first-order chi connectivity index (χ1) is 8.04. The minimum atomic E-state index is -0.740. The Kier molecular flexibility index (Phi) is 5.16. The Morgan fingerprint density at radius 1 is 1.29 bits per heavy atom. The van der Waals surface area contributed by atoms with Crippen molar-refractivity contribution in [1.29, 1.82) is 0 Å². The first kappa shape index (κ1) is 13.7. The molecule has 17 heavy (non-hydrogen) atoms. The average molecular weight is 235 g/mol. The van der Waals surface area contributed by atoms with E-state index in [9.17, 15) is 9.90 Å². The Balaban J connectivity index is 2.78. The Hall–Kier alpha value is -1.35. The molecule has 1 aromatic carbocycles. The number of carboxylic acid groups (broad SMARTS) is 1. The summed E-state index contributed by atoms with van der Waals surface area (Å²) in [5, 5.41) is 9.25. The number of aryl methyl sites for hydroxylation is 1. The predicted molar refractivity (Wildman–Crippen MR) is 69.4 cm³/mol. The summed E-state index contributed by atoms with van der Waals surface area (Å²) in [5.41, 5.74) is 2.14. The van der Waals surface area contributed by atoms with Gasteiger partial charge in [-0.05, 0) is 44.6 Å². The Bertz CT molecular complexity index is 357. The number of carbonyl (C=O) groups is 1. The van der Waals surface area contributed by atoms with Crippen LogP contribution in [0.25, 0.3) is 0 Å². The quantitative estimate of drug-likeness (QED) is 0.823. The summed E-state index contributed by atoms with van der Waals surface area (Å²) in [6, 6.07) is 7.91. The lowest BCUT2D eigenvalue weighted by atomic mass is 9.94. The fraction of sp³-hybridized carbons (Fsp3) is 0.500. The van der Waals surface area contributed by atoms with E-state index in [0.29, 0.717) is 6.42 Å². The van der Waals surface area contributed by atoms with Crippen LogP contribution in [0.4, 0.5) is 0 Å². The van der Waals surface area contributed by atoms with Gasteiger partial charge in [0.2, 0.25) is 0 Å². The molecular formula is C14H21NO2. The summed E-state index contributed by atoms with van der Waals surface area (Å²) in [4.78, 5) is 13.3. The highest BCUT2D eigenvalue weighted by atomic mass is 16.4. The SMILES string of the molecule is CCc1ccc(C(CCN(C)C)C(=O)O)cc1. The van der Waals surface area contributed by atoms with Gasteiger partial charge in [-0.2, -0.15) is 0 Å². The zero-order chi connectivity index (χ0) is 12.8. The van der Waals surface area contributed by atoms with Crippen LogP contribution in [-0.4, -0.2) is 36.6 Å². The minimum Gasteiger partial charge on any atom is -0.481 e. The lowest BCUT2D eigenvalue weighted by Gasteiger charge is -2.16. The molecule has 0 saturated heterocycles. The number of rotatable bonds is 6. The minimum absolute atomic E-state index is 0.400. The molecule has 0 aromatic heterocycles. The van der Waals surface area contributed by atoms with Crippen molar-refractivity contribution in [3.63, 3.8) is 0 Å². The fourth-order valence-electron chi connectivity index (χ4n) is 1.81. The lowest BCUT2D eigenvalue weighted by molar-refractivity contribution is -0.139. The second-order valence-electron chi connectivity index (χ2n) is 4.58. The van der Waals surface area contributed by atoms with Gasteiger partial charge in [0.1, 0.15) is 0 Å². The number of carboxylic acids is 1. The van der Waals surface area contributed by atoms with Crippen LogP contribution >= 0.6 is 0 Å². The number of nitrogens with zero attached hydrogens (tertiary/aromatic N) is 1. The normalized spacial score (nSPS) is 12.7. The molecule has 0 spiro atoms. The number of aliphatic carboxylic acids is 1. The molecule has 1 rings (SSSR count). The van der Waals surface area contributed by atoms with Crippen LogP contribution in [0.3, 0.4) is 0 Å². The highest BCUT2D eigenvalue weighted by Gasteiger charge is 2.19. The van der Waals surface area contributed by atoms with E-state index in [2.05, 4.69) is 6.92 Å². The maximum Gasteiger partial charge on any atom is 0.311 e. The molecule has 0 amide bonds. The summed E-state index contributed by atoms with van der Waals surface area (Å²) in [6.07, 6.45) is 1.63. The van der Waals surface area contributed by atoms with E-state index < -0.39 is 11.9 Å². The van der Waals surface area contributed by atoms with Crippen molar-refractivity contribution < 1.29 is 9.90 Å². The van der Waals surface area contributed by atoms with E-state index >= 15 is 0 Å². The number of hydrogen-bond donors (Lipinski definition) is 1. The van der Waals surface area contributed by atoms with E-state index in [1.165, 1.54) is 5.56 Å². The maximum absolute atomic E-state index is 11.2. The molecule has 3 nitrogen and oxygen atoms in total. The van der Waals surface area contributed by atoms with Crippen molar-refractivity contribution in [2.45, 2.75) is 25.7 Å². The molecule has 1 N–H and O–H groups in total. The van der Waals surface area contributed by atoms with Crippen LogP contribution in [0.15, 0.2) is 24.3 Å². The van der Waals surface area contributed by atoms with Crippen molar-refractivity contribution in [1.82, 2.24) is 4.90 Å². The van der Waals surface area contributed by atoms with Crippen molar-refractivity contribution in [3.8, 4) is 0 Å². The Morgan fingerprint density at radius 3 is 2.29 bits per heavy atom. The molecule has 94 valence electrons. The second-order valence-corrected chi connectivity index (χ2v) is 4.58. The highest BCUT2D eigenvalue weighted by molar-refractivity contribution is 5.76. The molecule has 1 atom stereocenters. The largest absolute Gasteiger partial charge is 0.481 e. The Morgan fingerprint density at radius 2 is 1.88 bits per heavy atom. The van der Waals surface area contributed by atoms with Crippen LogP contribution in [0, 0.1) is 0 Å². The van der Waals surface area contributed by atoms with Crippen molar-refractivity contribution in [2.24, 2.45) is 0 Å². The number of benzene rings is 1. The standard InChI is InChI=1S/C14H21NO2/c1-4-11-5-7-12(8-6-11)13(14(16)17)9-10-15(2)3/h5-8,13H,4,9-10H2,1-3H3,(H,16,17). The predicted octanol–water partition coefficient (Wildman–Crippen LogP) is 2.37. The van der Waals surface area contributed by atoms with Crippen LogP contribution in [-0.2, 0) is 11.2 Å². The highest BCUT2D eigenvalue weighted by Crippen LogP contribution is 2.21. The molecule has 1 unspecified atom stereocenters. The smallest absolute Gasteiger partial charge is 0.311 e. The van der Waals surface area contributed by atoms with Gasteiger partial charge in [0, 0.05) is 0 Å². The zero-order valence-corrected chi connectivity index (χ0v) is 10.8. The van der Waals surface area contributed by atoms with Crippen molar-refractivity contribution in [2.75, 3.05) is 20.6 Å². The Labute approximate surface area is 103 Å². The molecule has 0 aliphatic carbocycles. The molecular weight excluding hydrogens is 214 g/mol. The van der Waals surface area contributed by atoms with Gasteiger partial charge in [0.15, 0.2) is 0 Å². The topological polar surface area (TPSA) is 40.5 Å². The molecule has 0 fully saturated rings. The van der Waals surface area contributed by atoms with Crippen molar-refractivity contribution >= 4 is 5.97 Å². The summed E-state index contributed by atoms with van der Waals surface area (Å²) in [7, 11) is 3.91. The molecule has 0 bridgehead atoms. The van der Waals surface area contributed by atoms with Gasteiger partial charge in [0.25, 0.3) is 0 Å². The lowest BCUT2D eigenvalue weighted by Crippen LogP contribution is -2.20. The molecule has 0 aliphatic rings. The first-order valence-corrected chi connectivity index (χ1v) is 6.01. The molecule has 1 aromatic rings. The summed E-state index contributed by atoms with van der Waals surface area (Å²) in [5.74, 6) is -1.14. The third kappa shape index (κ3) is 4.19. The third-order valence-corrected chi connectivity index (χ3v) is 2.95. The maximum atomic E-state index is 11.2. The molecule has 3 heteroatoms. The number of hydrogen-bond acceptors (Lipinski definition) is 2. The molecule has 0 radical (unpaired) electrons. The average Bonchev–Trinajstić information content (AvgIpc) is 2.29. The fourth-order valence-corrected chi connectivity index (χ4v) is 1.81. The molecule has 0 aliphatic heterocycles. The van der Waals surface area contributed by atoms with Crippen LogP contribution < -0.4 is 0 Å². The van der Waals surface area contributed by atoms with Crippen LogP contribution in [0.2, 0.25) is 0 Å². The van der Waals surface area contributed by atoms with Gasteiger partial charge >= 0.3 is 5.97 Å².